The summed E-state index contributed by atoms with van der Waals surface area (Å²) in [5.74, 6) is -0.560. The van der Waals surface area contributed by atoms with Gasteiger partial charge in [0.2, 0.25) is 5.24 Å². The van der Waals surface area contributed by atoms with Crippen LogP contribution in [0.1, 0.15) is 53.4 Å². The van der Waals surface area contributed by atoms with Gasteiger partial charge in [0.25, 0.3) is 18.8 Å². The van der Waals surface area contributed by atoms with E-state index in [4.69, 9.17) is 16.0 Å². The van der Waals surface area contributed by atoms with E-state index in [1.165, 1.54) is 12.1 Å². The predicted molar refractivity (Wildman–Crippen MR) is 82.4 cm³/mol. The Bertz CT molecular complexity index is 776. The maximum atomic E-state index is 12.9. The summed E-state index contributed by atoms with van der Waals surface area (Å²) in [4.78, 5) is 22.4. The molecule has 0 unspecified atom stereocenters. The van der Waals surface area contributed by atoms with Crippen LogP contribution >= 0.6 is 11.6 Å². The minimum Gasteiger partial charge on any atom is -0.454 e. The summed E-state index contributed by atoms with van der Waals surface area (Å²) in [7, 11) is 0. The molecule has 0 spiro atoms. The van der Waals surface area contributed by atoms with Crippen molar-refractivity contribution in [1.29, 1.82) is 0 Å². The molecule has 0 atom stereocenters. The molecule has 0 saturated heterocycles. The second-order valence-corrected chi connectivity index (χ2v) is 5.66. The minimum atomic E-state index is -2.99. The van der Waals surface area contributed by atoms with Crippen molar-refractivity contribution in [3.63, 3.8) is 0 Å². The van der Waals surface area contributed by atoms with Crippen molar-refractivity contribution in [3.8, 4) is 0 Å². The Balaban J connectivity index is 2.02. The summed E-state index contributed by atoms with van der Waals surface area (Å²) in [5.41, 5.74) is -1.44. The van der Waals surface area contributed by atoms with Crippen LogP contribution in [0.15, 0.2) is 22.6 Å². The lowest BCUT2D eigenvalue weighted by Gasteiger charge is -2.05. The number of hydrogen-bond acceptors (Lipinski definition) is 4. The summed E-state index contributed by atoms with van der Waals surface area (Å²) in [5, 5.41) is 5.42. The molecule has 6 nitrogen and oxygen atoms in total. The van der Waals surface area contributed by atoms with Crippen LogP contribution < -0.4 is 5.32 Å². The molecule has 0 fully saturated rings. The van der Waals surface area contributed by atoms with E-state index in [1.54, 1.807) is 0 Å². The number of aromatic nitrogens is 2. The van der Waals surface area contributed by atoms with Gasteiger partial charge in [0.05, 0.1) is 6.54 Å². The fraction of sp³-hybridized carbons (Fsp3) is 0.400. The maximum absolute atomic E-state index is 12.9. The van der Waals surface area contributed by atoms with Crippen LogP contribution in [0.4, 0.5) is 17.6 Å². The number of furan rings is 1. The molecule has 0 radical (unpaired) electrons. The standard InChI is InChI=1S/C15H14ClF4N3O3/c16-12(24)2-1-5-21-15(25)11-4-3-8(26-11)7-23-10(14(19)20)6-9(22-23)13(17)18/h3-4,6,13-14H,1-2,5,7H2,(H,21,25). The van der Waals surface area contributed by atoms with E-state index in [2.05, 4.69) is 10.4 Å². The molecule has 1 amide bonds. The summed E-state index contributed by atoms with van der Waals surface area (Å²) in [6.07, 6.45) is -5.51. The van der Waals surface area contributed by atoms with Gasteiger partial charge in [0.1, 0.15) is 17.1 Å². The van der Waals surface area contributed by atoms with Crippen LogP contribution in [0, 0.1) is 0 Å². The van der Waals surface area contributed by atoms with Crippen LogP contribution in [-0.2, 0) is 11.3 Å². The fourth-order valence-corrected chi connectivity index (χ4v) is 2.24. The van der Waals surface area contributed by atoms with E-state index in [9.17, 15) is 27.2 Å². The second-order valence-electron chi connectivity index (χ2n) is 5.23. The monoisotopic (exact) mass is 395 g/mol. The second kappa shape index (κ2) is 8.84. The predicted octanol–water partition coefficient (Wildman–Crippen LogP) is 3.68. The van der Waals surface area contributed by atoms with Crippen LogP contribution in [-0.4, -0.2) is 27.5 Å². The molecule has 2 heterocycles. The van der Waals surface area contributed by atoms with Crippen molar-refractivity contribution in [2.24, 2.45) is 0 Å². The van der Waals surface area contributed by atoms with Gasteiger partial charge in [-0.1, -0.05) is 0 Å². The number of rotatable bonds is 9. The average molecular weight is 396 g/mol. The Hall–Kier alpha value is -2.36. The highest BCUT2D eigenvalue weighted by Gasteiger charge is 2.22. The van der Waals surface area contributed by atoms with E-state index in [1.807, 2.05) is 0 Å². The lowest BCUT2D eigenvalue weighted by Crippen LogP contribution is -2.24. The zero-order valence-electron chi connectivity index (χ0n) is 13.2. The molecule has 2 rings (SSSR count). The number of halogens is 5. The average Bonchev–Trinajstić information content (AvgIpc) is 3.18. The lowest BCUT2D eigenvalue weighted by atomic mass is 10.3. The summed E-state index contributed by atoms with van der Waals surface area (Å²) >= 11 is 5.17. The molecular formula is C15H14ClF4N3O3. The summed E-state index contributed by atoms with van der Waals surface area (Å²) in [6, 6.07) is 3.30. The van der Waals surface area contributed by atoms with E-state index < -0.39 is 35.4 Å². The van der Waals surface area contributed by atoms with Gasteiger partial charge in [-0.25, -0.2) is 17.6 Å². The zero-order chi connectivity index (χ0) is 19.3. The third kappa shape index (κ3) is 5.32. The van der Waals surface area contributed by atoms with Crippen molar-refractivity contribution < 1.29 is 31.6 Å². The van der Waals surface area contributed by atoms with Crippen LogP contribution in [0.2, 0.25) is 0 Å². The largest absolute Gasteiger partial charge is 0.454 e. The highest BCUT2D eigenvalue weighted by Crippen LogP contribution is 2.25. The summed E-state index contributed by atoms with van der Waals surface area (Å²) in [6.45, 7) is -0.139. The molecule has 0 bridgehead atoms. The first-order valence-corrected chi connectivity index (χ1v) is 7.85. The van der Waals surface area contributed by atoms with Crippen molar-refractivity contribution in [2.45, 2.75) is 32.2 Å². The molecule has 0 aliphatic rings. The summed E-state index contributed by atoms with van der Waals surface area (Å²) < 4.78 is 57.1. The van der Waals surface area contributed by atoms with E-state index >= 15 is 0 Å². The first-order chi connectivity index (χ1) is 12.3. The SMILES string of the molecule is O=C(Cl)CCCNC(=O)c1ccc(Cn2nc(C(F)F)cc2C(F)F)o1. The van der Waals surface area contributed by atoms with Crippen molar-refractivity contribution in [1.82, 2.24) is 15.1 Å². The Morgan fingerprint density at radius 3 is 2.58 bits per heavy atom. The third-order valence-electron chi connectivity index (χ3n) is 3.30. The highest BCUT2D eigenvalue weighted by molar-refractivity contribution is 6.63. The van der Waals surface area contributed by atoms with Crippen molar-refractivity contribution in [3.05, 3.63) is 41.1 Å². The Kier molecular flexibility index (Phi) is 6.78. The van der Waals surface area contributed by atoms with Gasteiger partial charge in [0, 0.05) is 13.0 Å². The van der Waals surface area contributed by atoms with Crippen LogP contribution in [0.5, 0.6) is 0 Å². The molecule has 2 aromatic heterocycles. The fourth-order valence-electron chi connectivity index (χ4n) is 2.11. The molecule has 1 N–H and O–H groups in total. The molecule has 0 aliphatic carbocycles. The Morgan fingerprint density at radius 1 is 1.23 bits per heavy atom. The Labute approximate surface area is 150 Å². The van der Waals surface area contributed by atoms with Gasteiger partial charge < -0.3 is 9.73 Å². The number of nitrogens with zero attached hydrogens (tertiary/aromatic N) is 2. The molecule has 11 heteroatoms. The Morgan fingerprint density at radius 2 is 1.96 bits per heavy atom. The van der Waals surface area contributed by atoms with E-state index in [0.29, 0.717) is 17.2 Å². The number of alkyl halides is 4. The number of hydrogen-bond donors (Lipinski definition) is 1. The molecule has 0 aromatic carbocycles. The van der Waals surface area contributed by atoms with Gasteiger partial charge in [-0.15, -0.1) is 0 Å². The molecule has 142 valence electrons. The van der Waals surface area contributed by atoms with Crippen LogP contribution in [0.25, 0.3) is 0 Å². The van der Waals surface area contributed by atoms with Gasteiger partial charge in [-0.05, 0) is 36.2 Å². The normalized spacial score (nSPS) is 11.3. The molecule has 26 heavy (non-hydrogen) atoms. The molecule has 2 aromatic rings. The molecule has 0 saturated carbocycles. The number of nitrogens with one attached hydrogen (secondary N) is 1. The van der Waals surface area contributed by atoms with Crippen molar-refractivity contribution in [2.75, 3.05) is 6.54 Å². The van der Waals surface area contributed by atoms with Gasteiger partial charge >= 0.3 is 0 Å². The number of carbonyl (C=O) groups is 2. The minimum absolute atomic E-state index is 0.0861. The zero-order valence-corrected chi connectivity index (χ0v) is 14.0. The number of carbonyl (C=O) groups excluding carboxylic acids is 2. The van der Waals surface area contributed by atoms with E-state index in [0.717, 1.165) is 0 Å². The van der Waals surface area contributed by atoms with Gasteiger partial charge in [-0.3, -0.25) is 14.3 Å². The van der Waals surface area contributed by atoms with Gasteiger partial charge in [0.15, 0.2) is 5.76 Å². The van der Waals surface area contributed by atoms with Crippen LogP contribution in [0.3, 0.4) is 0 Å². The van der Waals surface area contributed by atoms with Crippen molar-refractivity contribution >= 4 is 22.8 Å². The first kappa shape index (κ1) is 20.0. The maximum Gasteiger partial charge on any atom is 0.286 e. The van der Waals surface area contributed by atoms with E-state index in [-0.39, 0.29) is 31.0 Å². The third-order valence-corrected chi connectivity index (χ3v) is 3.49. The number of amides is 1. The molecular weight excluding hydrogens is 382 g/mol. The quantitative estimate of drug-likeness (QED) is 0.399. The smallest absolute Gasteiger partial charge is 0.286 e. The lowest BCUT2D eigenvalue weighted by molar-refractivity contribution is -0.111. The topological polar surface area (TPSA) is 77.1 Å². The molecule has 0 aliphatic heterocycles. The highest BCUT2D eigenvalue weighted by atomic mass is 35.5. The first-order valence-electron chi connectivity index (χ1n) is 7.47. The van der Waals surface area contributed by atoms with Gasteiger partial charge in [-0.2, -0.15) is 5.10 Å².